The maximum absolute atomic E-state index is 6.21. The predicted octanol–water partition coefficient (Wildman–Crippen LogP) is 4.22. The van der Waals surface area contributed by atoms with Crippen LogP contribution >= 0.6 is 23.2 Å². The van der Waals surface area contributed by atoms with Crippen LogP contribution in [0, 0.1) is 0 Å². The van der Waals surface area contributed by atoms with Crippen molar-refractivity contribution >= 4 is 28.8 Å². The van der Waals surface area contributed by atoms with Gasteiger partial charge in [0.2, 0.25) is 0 Å². The number of nitrogens with zero attached hydrogens (tertiary/aromatic N) is 4. The summed E-state index contributed by atoms with van der Waals surface area (Å²) in [6.07, 6.45) is 3.77. The Morgan fingerprint density at radius 1 is 1.05 bits per heavy atom. The molecule has 3 heterocycles. The average Bonchev–Trinajstić information content (AvgIpc) is 2.81. The molecular formula is C14H12Cl2N4. The molecule has 0 spiro atoms. The van der Waals surface area contributed by atoms with Crippen LogP contribution in [0.3, 0.4) is 0 Å². The zero-order chi connectivity index (χ0) is 14.3. The number of rotatable bonds is 2. The van der Waals surface area contributed by atoms with Crippen LogP contribution in [0.25, 0.3) is 17.2 Å². The van der Waals surface area contributed by atoms with E-state index in [1.807, 2.05) is 48.8 Å². The predicted molar refractivity (Wildman–Crippen MR) is 80.3 cm³/mol. The molecule has 3 aromatic heterocycles. The average molecular weight is 307 g/mol. The molecule has 0 unspecified atom stereocenters. The minimum Gasteiger partial charge on any atom is -0.306 e. The molecule has 3 aromatic rings. The summed E-state index contributed by atoms with van der Waals surface area (Å²) in [5.41, 5.74) is 2.24. The van der Waals surface area contributed by atoms with E-state index in [2.05, 4.69) is 15.0 Å². The van der Waals surface area contributed by atoms with E-state index < -0.39 is 0 Å². The number of hydrogen-bond donors (Lipinski definition) is 0. The van der Waals surface area contributed by atoms with Crippen LogP contribution in [0.4, 0.5) is 0 Å². The van der Waals surface area contributed by atoms with E-state index in [-0.39, 0.29) is 5.92 Å². The number of halogens is 2. The fourth-order valence-corrected chi connectivity index (χ4v) is 2.87. The molecule has 0 aliphatic rings. The van der Waals surface area contributed by atoms with Crippen molar-refractivity contribution in [3.8, 4) is 11.5 Å². The van der Waals surface area contributed by atoms with Gasteiger partial charge in [0.15, 0.2) is 5.82 Å². The van der Waals surface area contributed by atoms with Gasteiger partial charge in [-0.1, -0.05) is 43.1 Å². The summed E-state index contributed by atoms with van der Waals surface area (Å²) >= 11 is 12.4. The van der Waals surface area contributed by atoms with E-state index >= 15 is 0 Å². The van der Waals surface area contributed by atoms with Crippen LogP contribution in [0.1, 0.15) is 25.3 Å². The maximum Gasteiger partial charge on any atom is 0.182 e. The third-order valence-corrected chi connectivity index (χ3v) is 3.60. The molecule has 0 radical (unpaired) electrons. The minimum absolute atomic E-state index is 0.171. The van der Waals surface area contributed by atoms with Crippen LogP contribution in [0.5, 0.6) is 0 Å². The topological polar surface area (TPSA) is 43.1 Å². The second-order valence-electron chi connectivity index (χ2n) is 4.79. The van der Waals surface area contributed by atoms with Gasteiger partial charge in [-0.15, -0.1) is 0 Å². The van der Waals surface area contributed by atoms with Gasteiger partial charge >= 0.3 is 0 Å². The highest BCUT2D eigenvalue weighted by Crippen LogP contribution is 2.30. The summed E-state index contributed by atoms with van der Waals surface area (Å²) in [4.78, 5) is 13.1. The first-order valence-electron chi connectivity index (χ1n) is 6.23. The standard InChI is InChI=1S/C14H12Cl2N4/c1-8(2)11-12(15)18-14(19-13(11)16)9-7-20-6-4-3-5-10(20)17-9/h3-8H,1-2H3. The van der Waals surface area contributed by atoms with Crippen molar-refractivity contribution < 1.29 is 0 Å². The Hall–Kier alpha value is -1.65. The van der Waals surface area contributed by atoms with Gasteiger partial charge in [0.1, 0.15) is 21.6 Å². The molecule has 0 saturated carbocycles. The quantitative estimate of drug-likeness (QED) is 0.666. The largest absolute Gasteiger partial charge is 0.306 e. The smallest absolute Gasteiger partial charge is 0.182 e. The van der Waals surface area contributed by atoms with Gasteiger partial charge in [-0.25, -0.2) is 15.0 Å². The van der Waals surface area contributed by atoms with E-state index in [0.717, 1.165) is 11.2 Å². The maximum atomic E-state index is 6.21. The number of aromatic nitrogens is 4. The molecule has 0 N–H and O–H groups in total. The zero-order valence-electron chi connectivity index (χ0n) is 11.0. The molecule has 0 fully saturated rings. The first-order chi connectivity index (χ1) is 9.56. The SMILES string of the molecule is CC(C)c1c(Cl)nc(-c2cn3ccccc3n2)nc1Cl. The fraction of sp³-hybridized carbons (Fsp3) is 0.214. The van der Waals surface area contributed by atoms with Crippen LogP contribution < -0.4 is 0 Å². The summed E-state index contributed by atoms with van der Waals surface area (Å²) in [6.45, 7) is 4.00. The van der Waals surface area contributed by atoms with E-state index in [4.69, 9.17) is 23.2 Å². The molecule has 4 nitrogen and oxygen atoms in total. The molecule has 0 aromatic carbocycles. The fourth-order valence-electron chi connectivity index (χ4n) is 2.05. The van der Waals surface area contributed by atoms with Crippen molar-refractivity contribution in [2.45, 2.75) is 19.8 Å². The second kappa shape index (κ2) is 5.04. The van der Waals surface area contributed by atoms with Gasteiger partial charge in [0, 0.05) is 18.0 Å². The Balaban J connectivity index is 2.15. The Morgan fingerprint density at radius 3 is 2.35 bits per heavy atom. The first-order valence-corrected chi connectivity index (χ1v) is 6.99. The van der Waals surface area contributed by atoms with Gasteiger partial charge in [0.25, 0.3) is 0 Å². The molecule has 3 rings (SSSR count). The van der Waals surface area contributed by atoms with E-state index in [1.54, 1.807) is 0 Å². The molecule has 0 amide bonds. The highest BCUT2D eigenvalue weighted by Gasteiger charge is 2.16. The molecule has 20 heavy (non-hydrogen) atoms. The summed E-state index contributed by atoms with van der Waals surface area (Å²) in [7, 11) is 0. The number of hydrogen-bond acceptors (Lipinski definition) is 3. The Kier molecular flexibility index (Phi) is 3.36. The van der Waals surface area contributed by atoms with E-state index in [1.165, 1.54) is 0 Å². The summed E-state index contributed by atoms with van der Waals surface area (Å²) in [5.74, 6) is 0.609. The van der Waals surface area contributed by atoms with Crippen LogP contribution in [0.2, 0.25) is 10.3 Å². The Bertz CT molecular complexity index is 724. The zero-order valence-corrected chi connectivity index (χ0v) is 12.5. The molecule has 0 aliphatic carbocycles. The third kappa shape index (κ3) is 2.25. The van der Waals surface area contributed by atoms with Crippen molar-refractivity contribution in [3.05, 3.63) is 46.5 Å². The van der Waals surface area contributed by atoms with Crippen molar-refractivity contribution in [3.63, 3.8) is 0 Å². The lowest BCUT2D eigenvalue weighted by atomic mass is 10.1. The van der Waals surface area contributed by atoms with Crippen molar-refractivity contribution in [2.24, 2.45) is 0 Å². The first kappa shape index (κ1) is 13.3. The highest BCUT2D eigenvalue weighted by molar-refractivity contribution is 6.34. The molecule has 0 aliphatic heterocycles. The molecule has 0 bridgehead atoms. The van der Waals surface area contributed by atoms with Crippen molar-refractivity contribution in [2.75, 3.05) is 0 Å². The second-order valence-corrected chi connectivity index (χ2v) is 5.51. The van der Waals surface area contributed by atoms with Gasteiger partial charge in [-0.05, 0) is 18.1 Å². The molecular weight excluding hydrogens is 295 g/mol. The lowest BCUT2D eigenvalue weighted by molar-refractivity contribution is 0.847. The number of imidazole rings is 1. The lowest BCUT2D eigenvalue weighted by Gasteiger charge is -2.09. The lowest BCUT2D eigenvalue weighted by Crippen LogP contribution is -1.99. The van der Waals surface area contributed by atoms with Crippen LogP contribution in [-0.4, -0.2) is 19.4 Å². The summed E-state index contributed by atoms with van der Waals surface area (Å²) in [6, 6.07) is 5.77. The van der Waals surface area contributed by atoms with Crippen molar-refractivity contribution in [1.82, 2.24) is 19.4 Å². The van der Waals surface area contributed by atoms with Gasteiger partial charge < -0.3 is 4.40 Å². The minimum atomic E-state index is 0.171. The summed E-state index contributed by atoms with van der Waals surface area (Å²) in [5, 5.41) is 0.763. The molecule has 0 saturated heterocycles. The monoisotopic (exact) mass is 306 g/mol. The van der Waals surface area contributed by atoms with E-state index in [0.29, 0.717) is 21.8 Å². The van der Waals surface area contributed by atoms with Gasteiger partial charge in [0.05, 0.1) is 0 Å². The van der Waals surface area contributed by atoms with Gasteiger partial charge in [-0.2, -0.15) is 0 Å². The van der Waals surface area contributed by atoms with E-state index in [9.17, 15) is 0 Å². The normalized spacial score (nSPS) is 11.4. The Morgan fingerprint density at radius 2 is 1.75 bits per heavy atom. The molecule has 102 valence electrons. The molecule has 6 heteroatoms. The van der Waals surface area contributed by atoms with Crippen molar-refractivity contribution in [1.29, 1.82) is 0 Å². The molecule has 0 atom stereocenters. The summed E-state index contributed by atoms with van der Waals surface area (Å²) < 4.78 is 1.90. The van der Waals surface area contributed by atoms with Gasteiger partial charge in [-0.3, -0.25) is 0 Å². The highest BCUT2D eigenvalue weighted by atomic mass is 35.5. The van der Waals surface area contributed by atoms with Crippen LogP contribution in [0.15, 0.2) is 30.6 Å². The number of pyridine rings is 1. The van der Waals surface area contributed by atoms with Crippen LogP contribution in [-0.2, 0) is 0 Å². The third-order valence-electron chi connectivity index (χ3n) is 3.02. The number of fused-ring (bicyclic) bond motifs is 1. The Labute approximate surface area is 126 Å².